The minimum Gasteiger partial charge on any atom is -0.463 e. The van der Waals surface area contributed by atoms with E-state index >= 15 is 0 Å². The van der Waals surface area contributed by atoms with Crippen LogP contribution < -0.4 is 9.64 Å². The average molecular weight is 327 g/mol. The molecule has 1 unspecified atom stereocenters. The van der Waals surface area contributed by atoms with E-state index in [2.05, 4.69) is 98.6 Å². The molecular formula is C23H21NO. The fourth-order valence-electron chi connectivity index (χ4n) is 4.54. The molecule has 0 fully saturated rings. The van der Waals surface area contributed by atoms with Gasteiger partial charge in [-0.2, -0.15) is 0 Å². The molecule has 0 aromatic heterocycles. The van der Waals surface area contributed by atoms with Crippen LogP contribution in [0.1, 0.15) is 25.0 Å². The molecule has 2 aliphatic heterocycles. The van der Waals surface area contributed by atoms with Gasteiger partial charge in [0, 0.05) is 18.3 Å². The molecule has 0 radical (unpaired) electrons. The molecular weight excluding hydrogens is 306 g/mol. The highest BCUT2D eigenvalue weighted by molar-refractivity contribution is 5.94. The lowest BCUT2D eigenvalue weighted by molar-refractivity contribution is 0.0584. The van der Waals surface area contributed by atoms with Crippen molar-refractivity contribution in [1.29, 1.82) is 0 Å². The van der Waals surface area contributed by atoms with Crippen LogP contribution >= 0.6 is 0 Å². The molecule has 0 aliphatic carbocycles. The first-order chi connectivity index (χ1) is 12.0. The van der Waals surface area contributed by atoms with Gasteiger partial charge in [0.1, 0.15) is 5.75 Å². The van der Waals surface area contributed by atoms with E-state index < -0.39 is 5.72 Å². The zero-order chi connectivity index (χ0) is 17.2. The highest BCUT2D eigenvalue weighted by Crippen LogP contribution is 2.54. The van der Waals surface area contributed by atoms with Crippen molar-refractivity contribution in [2.24, 2.45) is 0 Å². The van der Waals surface area contributed by atoms with Gasteiger partial charge in [0.2, 0.25) is 5.72 Å². The molecule has 3 aromatic carbocycles. The highest BCUT2D eigenvalue weighted by Gasteiger charge is 2.57. The van der Waals surface area contributed by atoms with Gasteiger partial charge < -0.3 is 9.64 Å². The lowest BCUT2D eigenvalue weighted by atomic mass is 9.76. The van der Waals surface area contributed by atoms with E-state index in [4.69, 9.17) is 4.74 Å². The van der Waals surface area contributed by atoms with Gasteiger partial charge in [-0.3, -0.25) is 0 Å². The number of likely N-dealkylation sites (N-methyl/N-ethyl adjacent to an activating group) is 1. The number of para-hydroxylation sites is 1. The summed E-state index contributed by atoms with van der Waals surface area (Å²) in [5.41, 5.74) is 3.07. The van der Waals surface area contributed by atoms with Crippen LogP contribution in [0, 0.1) is 0 Å². The van der Waals surface area contributed by atoms with Gasteiger partial charge >= 0.3 is 0 Å². The van der Waals surface area contributed by atoms with Crippen LogP contribution in [0.15, 0.2) is 66.7 Å². The first-order valence-corrected chi connectivity index (χ1v) is 8.78. The lowest BCUT2D eigenvalue weighted by Gasteiger charge is -2.46. The van der Waals surface area contributed by atoms with Gasteiger partial charge in [0.25, 0.3) is 0 Å². The standard InChI is InChI=1S/C23H21NO/c1-22(2)19-10-6-7-11-20(19)24(3)23(22)15-14-18-17-9-5-4-8-16(17)12-13-21(18)25-23/h4-15H,1-3H3. The predicted octanol–water partition coefficient (Wildman–Crippen LogP) is 5.37. The van der Waals surface area contributed by atoms with Gasteiger partial charge in [0.15, 0.2) is 0 Å². The van der Waals surface area contributed by atoms with Crippen molar-refractivity contribution in [1.82, 2.24) is 0 Å². The molecule has 2 nitrogen and oxygen atoms in total. The van der Waals surface area contributed by atoms with E-state index in [0.29, 0.717) is 0 Å². The summed E-state index contributed by atoms with van der Waals surface area (Å²) >= 11 is 0. The van der Waals surface area contributed by atoms with Crippen molar-refractivity contribution in [3.63, 3.8) is 0 Å². The average Bonchev–Trinajstić information content (AvgIpc) is 2.81. The van der Waals surface area contributed by atoms with Gasteiger partial charge in [0.05, 0.1) is 5.41 Å². The molecule has 5 rings (SSSR count). The van der Waals surface area contributed by atoms with Crippen LogP contribution in [0.3, 0.4) is 0 Å². The van der Waals surface area contributed by atoms with Gasteiger partial charge in [-0.15, -0.1) is 0 Å². The van der Waals surface area contributed by atoms with Crippen LogP contribution in [-0.4, -0.2) is 12.8 Å². The second-order valence-electron chi connectivity index (χ2n) is 7.53. The molecule has 25 heavy (non-hydrogen) atoms. The van der Waals surface area contributed by atoms with Crippen LogP contribution in [-0.2, 0) is 5.41 Å². The smallest absolute Gasteiger partial charge is 0.211 e. The Balaban J connectivity index is 1.72. The Labute approximate surface area is 148 Å². The Morgan fingerprint density at radius 3 is 2.48 bits per heavy atom. The van der Waals surface area contributed by atoms with E-state index in [9.17, 15) is 0 Å². The quantitative estimate of drug-likeness (QED) is 0.550. The Kier molecular flexibility index (Phi) is 2.72. The number of fused-ring (bicyclic) bond motifs is 4. The van der Waals surface area contributed by atoms with Crippen molar-refractivity contribution >= 4 is 22.5 Å². The van der Waals surface area contributed by atoms with Gasteiger partial charge in [-0.25, -0.2) is 0 Å². The summed E-state index contributed by atoms with van der Waals surface area (Å²) in [5.74, 6) is 0.953. The van der Waals surface area contributed by atoms with E-state index in [1.807, 2.05) is 0 Å². The van der Waals surface area contributed by atoms with Gasteiger partial charge in [-0.1, -0.05) is 48.5 Å². The first kappa shape index (κ1) is 14.6. The topological polar surface area (TPSA) is 12.5 Å². The molecule has 1 spiro atoms. The van der Waals surface area contributed by atoms with Crippen molar-refractivity contribution in [3.8, 4) is 5.75 Å². The van der Waals surface area contributed by atoms with E-state index in [1.165, 1.54) is 27.6 Å². The van der Waals surface area contributed by atoms with Crippen LogP contribution in [0.4, 0.5) is 5.69 Å². The zero-order valence-electron chi connectivity index (χ0n) is 14.8. The third-order valence-corrected chi connectivity index (χ3v) is 6.00. The number of anilines is 1. The minimum atomic E-state index is -0.508. The summed E-state index contributed by atoms with van der Waals surface area (Å²) in [6.45, 7) is 4.54. The first-order valence-electron chi connectivity index (χ1n) is 8.78. The normalized spacial score (nSPS) is 22.8. The second kappa shape index (κ2) is 4.66. The molecule has 2 heteroatoms. The molecule has 2 aliphatic rings. The molecule has 2 heterocycles. The number of ether oxygens (including phenoxy) is 1. The lowest BCUT2D eigenvalue weighted by Crippen LogP contribution is -2.58. The second-order valence-corrected chi connectivity index (χ2v) is 7.53. The Hall–Kier alpha value is -2.74. The van der Waals surface area contributed by atoms with E-state index in [1.54, 1.807) is 0 Å². The third kappa shape index (κ3) is 1.69. The van der Waals surface area contributed by atoms with Gasteiger partial charge in [-0.05, 0) is 54.5 Å². The number of hydrogen-bond acceptors (Lipinski definition) is 2. The maximum Gasteiger partial charge on any atom is 0.211 e. The molecule has 1 atom stereocenters. The van der Waals surface area contributed by atoms with Crippen LogP contribution in [0.25, 0.3) is 16.8 Å². The molecule has 3 aromatic rings. The third-order valence-electron chi connectivity index (χ3n) is 6.00. The monoisotopic (exact) mass is 327 g/mol. The summed E-state index contributed by atoms with van der Waals surface area (Å²) in [5, 5.41) is 2.48. The number of nitrogens with zero attached hydrogens (tertiary/aromatic N) is 1. The molecule has 0 amide bonds. The summed E-state index contributed by atoms with van der Waals surface area (Å²) < 4.78 is 6.74. The fourth-order valence-corrected chi connectivity index (χ4v) is 4.54. The number of hydrogen-bond donors (Lipinski definition) is 0. The van der Waals surface area contributed by atoms with Crippen molar-refractivity contribution in [2.45, 2.75) is 25.0 Å². The summed E-state index contributed by atoms with van der Waals surface area (Å²) in [6.07, 6.45) is 4.48. The summed E-state index contributed by atoms with van der Waals surface area (Å²) in [4.78, 5) is 2.27. The largest absolute Gasteiger partial charge is 0.463 e. The van der Waals surface area contributed by atoms with Crippen molar-refractivity contribution < 1.29 is 4.74 Å². The number of rotatable bonds is 0. The Morgan fingerprint density at radius 1 is 0.880 bits per heavy atom. The Bertz CT molecular complexity index is 1030. The van der Waals surface area contributed by atoms with E-state index in [-0.39, 0.29) is 5.41 Å². The van der Waals surface area contributed by atoms with Crippen LogP contribution in [0.5, 0.6) is 5.75 Å². The van der Waals surface area contributed by atoms with Crippen molar-refractivity contribution in [3.05, 3.63) is 77.9 Å². The molecule has 0 bridgehead atoms. The molecule has 0 saturated heterocycles. The highest BCUT2D eigenvalue weighted by atomic mass is 16.5. The molecule has 0 saturated carbocycles. The molecule has 0 N–H and O–H groups in total. The summed E-state index contributed by atoms with van der Waals surface area (Å²) in [6, 6.07) is 21.3. The maximum atomic E-state index is 6.74. The van der Waals surface area contributed by atoms with Crippen LogP contribution in [0.2, 0.25) is 0 Å². The Morgan fingerprint density at radius 2 is 1.64 bits per heavy atom. The van der Waals surface area contributed by atoms with Crippen molar-refractivity contribution in [2.75, 3.05) is 11.9 Å². The fraction of sp³-hybridized carbons (Fsp3) is 0.217. The SMILES string of the molecule is CN1c2ccccc2C(C)(C)C12C=Cc1c(ccc3ccccc13)O2. The number of benzene rings is 3. The summed E-state index contributed by atoms with van der Waals surface area (Å²) in [7, 11) is 2.13. The maximum absolute atomic E-state index is 6.74. The molecule has 124 valence electrons. The van der Waals surface area contributed by atoms with E-state index in [0.717, 1.165) is 5.75 Å². The minimum absolute atomic E-state index is 0.155. The zero-order valence-corrected chi connectivity index (χ0v) is 14.8. The predicted molar refractivity (Wildman–Crippen MR) is 104 cm³/mol.